The van der Waals surface area contributed by atoms with E-state index in [-0.39, 0.29) is 17.1 Å². The van der Waals surface area contributed by atoms with Crippen molar-refractivity contribution in [1.29, 1.82) is 0 Å². The van der Waals surface area contributed by atoms with Crippen LogP contribution in [0.25, 0.3) is 0 Å². The molecule has 0 fully saturated rings. The minimum atomic E-state index is -4.22. The summed E-state index contributed by atoms with van der Waals surface area (Å²) in [4.78, 5) is 12.7. The van der Waals surface area contributed by atoms with Gasteiger partial charge in [0.1, 0.15) is 25.6 Å². The summed E-state index contributed by atoms with van der Waals surface area (Å²) in [6.07, 6.45) is 0. The summed E-state index contributed by atoms with van der Waals surface area (Å²) in [6.45, 7) is 2.31. The van der Waals surface area contributed by atoms with Gasteiger partial charge in [-0.2, -0.15) is 0 Å². The zero-order valence-corrected chi connectivity index (χ0v) is 18.8. The maximum Gasteiger partial charge on any atom is 0.264 e. The van der Waals surface area contributed by atoms with Crippen molar-refractivity contribution in [2.75, 3.05) is 24.1 Å². The average molecular weight is 471 g/mol. The van der Waals surface area contributed by atoms with Gasteiger partial charge in [-0.05, 0) is 48.4 Å². The lowest BCUT2D eigenvalue weighted by Crippen LogP contribution is -2.40. The van der Waals surface area contributed by atoms with Crippen LogP contribution in [-0.2, 0) is 21.4 Å². The van der Waals surface area contributed by atoms with E-state index in [1.165, 1.54) is 36.4 Å². The maximum atomic E-state index is 13.9. The van der Waals surface area contributed by atoms with E-state index in [1.807, 2.05) is 31.2 Å². The summed E-state index contributed by atoms with van der Waals surface area (Å²) in [5.41, 5.74) is 1.96. The average Bonchev–Trinajstić information content (AvgIpc) is 2.81. The van der Waals surface area contributed by atoms with Crippen LogP contribution in [-0.4, -0.2) is 34.1 Å². The van der Waals surface area contributed by atoms with Gasteiger partial charge < -0.3 is 14.8 Å². The molecule has 0 saturated heterocycles. The zero-order chi connectivity index (χ0) is 23.4. The van der Waals surface area contributed by atoms with E-state index < -0.39 is 28.3 Å². The second kappa shape index (κ2) is 9.50. The first kappa shape index (κ1) is 22.6. The quantitative estimate of drug-likeness (QED) is 0.572. The number of benzene rings is 3. The molecule has 0 bridgehead atoms. The Morgan fingerprint density at radius 1 is 1.00 bits per heavy atom. The number of halogens is 1. The number of ether oxygens (including phenoxy) is 2. The molecule has 0 saturated carbocycles. The third-order valence-corrected chi connectivity index (χ3v) is 6.99. The Morgan fingerprint density at radius 2 is 1.76 bits per heavy atom. The van der Waals surface area contributed by atoms with Crippen molar-refractivity contribution in [2.45, 2.75) is 18.4 Å². The minimum Gasteiger partial charge on any atom is -0.486 e. The summed E-state index contributed by atoms with van der Waals surface area (Å²) >= 11 is 0. The normalized spacial score (nSPS) is 12.8. The van der Waals surface area contributed by atoms with Crippen LogP contribution in [0, 0.1) is 12.7 Å². The van der Waals surface area contributed by atoms with Crippen molar-refractivity contribution in [3.63, 3.8) is 0 Å². The third-order valence-electron chi connectivity index (χ3n) is 5.22. The van der Waals surface area contributed by atoms with Crippen molar-refractivity contribution >= 4 is 21.6 Å². The number of carbonyl (C=O) groups excluding carboxylic acids is 1. The van der Waals surface area contributed by atoms with E-state index in [2.05, 4.69) is 5.32 Å². The van der Waals surface area contributed by atoms with Crippen LogP contribution < -0.4 is 19.1 Å². The molecule has 9 heteroatoms. The number of fused-ring (bicyclic) bond motifs is 1. The highest BCUT2D eigenvalue weighted by Gasteiger charge is 2.29. The summed E-state index contributed by atoms with van der Waals surface area (Å²) in [6, 6.07) is 16.9. The minimum absolute atomic E-state index is 0.0379. The van der Waals surface area contributed by atoms with Gasteiger partial charge in [-0.25, -0.2) is 12.8 Å². The maximum absolute atomic E-state index is 13.9. The Kier molecular flexibility index (Phi) is 6.50. The number of sulfonamides is 1. The van der Waals surface area contributed by atoms with E-state index >= 15 is 0 Å². The van der Waals surface area contributed by atoms with Crippen LogP contribution in [0.2, 0.25) is 0 Å². The van der Waals surface area contributed by atoms with E-state index in [0.717, 1.165) is 21.5 Å². The van der Waals surface area contributed by atoms with Crippen LogP contribution in [0.4, 0.5) is 10.1 Å². The van der Waals surface area contributed by atoms with Crippen molar-refractivity contribution < 1.29 is 27.1 Å². The predicted molar refractivity (Wildman–Crippen MR) is 121 cm³/mol. The molecule has 1 amide bonds. The summed E-state index contributed by atoms with van der Waals surface area (Å²) in [5.74, 6) is -0.405. The van der Waals surface area contributed by atoms with Gasteiger partial charge in [0.25, 0.3) is 10.0 Å². The molecule has 3 aromatic rings. The Hall–Kier alpha value is -3.59. The Morgan fingerprint density at radius 3 is 2.52 bits per heavy atom. The second-order valence-corrected chi connectivity index (χ2v) is 9.36. The molecule has 0 aliphatic carbocycles. The fourth-order valence-electron chi connectivity index (χ4n) is 3.45. The first-order valence-electron chi connectivity index (χ1n) is 10.3. The molecule has 0 unspecified atom stereocenters. The van der Waals surface area contributed by atoms with Crippen molar-refractivity contribution in [3.8, 4) is 11.5 Å². The Labute approximate surface area is 191 Å². The first-order chi connectivity index (χ1) is 15.8. The molecule has 33 heavy (non-hydrogen) atoms. The van der Waals surface area contributed by atoms with Gasteiger partial charge in [-0.3, -0.25) is 9.10 Å². The second-order valence-electron chi connectivity index (χ2n) is 7.50. The Bertz CT molecular complexity index is 1280. The van der Waals surface area contributed by atoms with Crippen LogP contribution >= 0.6 is 0 Å². The molecular formula is C24H23FN2O5S. The number of rotatable bonds is 7. The van der Waals surface area contributed by atoms with Crippen LogP contribution in [0.5, 0.6) is 11.5 Å². The molecule has 1 heterocycles. The number of amides is 1. The van der Waals surface area contributed by atoms with Crippen molar-refractivity contribution in [3.05, 3.63) is 83.7 Å². The SMILES string of the molecule is Cc1ccccc1CNC(=O)CN(c1cccc(F)c1)S(=O)(=O)c1ccc2c(c1)OCCO2. The van der Waals surface area contributed by atoms with Crippen LogP contribution in [0.1, 0.15) is 11.1 Å². The topological polar surface area (TPSA) is 84.9 Å². The highest BCUT2D eigenvalue weighted by atomic mass is 32.2. The number of aryl methyl sites for hydroxylation is 1. The smallest absolute Gasteiger partial charge is 0.264 e. The number of anilines is 1. The predicted octanol–water partition coefficient (Wildman–Crippen LogP) is 3.42. The lowest BCUT2D eigenvalue weighted by molar-refractivity contribution is -0.119. The first-order valence-corrected chi connectivity index (χ1v) is 11.8. The molecule has 3 aromatic carbocycles. The van der Waals surface area contributed by atoms with Gasteiger partial charge in [0.05, 0.1) is 10.6 Å². The zero-order valence-electron chi connectivity index (χ0n) is 18.0. The van der Waals surface area contributed by atoms with Crippen LogP contribution in [0.15, 0.2) is 71.6 Å². The molecule has 0 aromatic heterocycles. The van der Waals surface area contributed by atoms with E-state index in [0.29, 0.717) is 24.7 Å². The molecule has 0 spiro atoms. The van der Waals surface area contributed by atoms with Gasteiger partial charge in [0.2, 0.25) is 5.91 Å². The van der Waals surface area contributed by atoms with E-state index in [4.69, 9.17) is 9.47 Å². The van der Waals surface area contributed by atoms with Gasteiger partial charge in [0, 0.05) is 12.6 Å². The lowest BCUT2D eigenvalue weighted by Gasteiger charge is -2.25. The summed E-state index contributed by atoms with van der Waals surface area (Å²) < 4.78 is 52.8. The molecule has 0 radical (unpaired) electrons. The molecule has 1 aliphatic rings. The lowest BCUT2D eigenvalue weighted by atomic mass is 10.1. The number of nitrogens with zero attached hydrogens (tertiary/aromatic N) is 1. The number of nitrogens with one attached hydrogen (secondary N) is 1. The largest absolute Gasteiger partial charge is 0.486 e. The van der Waals surface area contributed by atoms with Gasteiger partial charge in [-0.15, -0.1) is 0 Å². The number of hydrogen-bond acceptors (Lipinski definition) is 5. The monoisotopic (exact) mass is 470 g/mol. The standard InChI is InChI=1S/C24H23FN2O5S/c1-17-5-2-3-6-18(17)15-26-24(28)16-27(20-8-4-7-19(25)13-20)33(29,30)21-9-10-22-23(14-21)32-12-11-31-22/h2-10,13-14H,11-12,15-16H2,1H3,(H,26,28). The van der Waals surface area contributed by atoms with E-state index in [1.54, 1.807) is 0 Å². The molecule has 1 aliphatic heterocycles. The molecular weight excluding hydrogens is 447 g/mol. The van der Waals surface area contributed by atoms with Gasteiger partial charge in [-0.1, -0.05) is 30.3 Å². The fraction of sp³-hybridized carbons (Fsp3) is 0.208. The summed E-state index contributed by atoms with van der Waals surface area (Å²) in [5, 5.41) is 2.74. The Balaban J connectivity index is 1.62. The summed E-state index contributed by atoms with van der Waals surface area (Å²) in [7, 11) is -4.22. The van der Waals surface area contributed by atoms with E-state index in [9.17, 15) is 17.6 Å². The highest BCUT2D eigenvalue weighted by molar-refractivity contribution is 7.92. The third kappa shape index (κ3) is 5.09. The molecule has 4 rings (SSSR count). The number of carbonyl (C=O) groups is 1. The fourth-order valence-corrected chi connectivity index (χ4v) is 4.88. The van der Waals surface area contributed by atoms with Crippen LogP contribution in [0.3, 0.4) is 0 Å². The molecule has 172 valence electrons. The highest BCUT2D eigenvalue weighted by Crippen LogP contribution is 2.34. The molecule has 7 nitrogen and oxygen atoms in total. The number of hydrogen-bond donors (Lipinski definition) is 1. The molecule has 0 atom stereocenters. The van der Waals surface area contributed by atoms with Gasteiger partial charge in [0.15, 0.2) is 11.5 Å². The van der Waals surface area contributed by atoms with Crippen molar-refractivity contribution in [1.82, 2.24) is 5.32 Å². The van der Waals surface area contributed by atoms with Gasteiger partial charge >= 0.3 is 0 Å². The van der Waals surface area contributed by atoms with Crippen molar-refractivity contribution in [2.24, 2.45) is 0 Å². The molecule has 1 N–H and O–H groups in total.